The van der Waals surface area contributed by atoms with Gasteiger partial charge in [0.25, 0.3) is 5.91 Å². The maximum Gasteiger partial charge on any atom is 0.251 e. The summed E-state index contributed by atoms with van der Waals surface area (Å²) in [7, 11) is 1.63. The molecule has 0 heterocycles. The molecule has 5 nitrogen and oxygen atoms in total. The van der Waals surface area contributed by atoms with Crippen LogP contribution in [0.4, 0.5) is 0 Å². The van der Waals surface area contributed by atoms with Gasteiger partial charge in [0.05, 0.1) is 13.2 Å². The first-order valence-corrected chi connectivity index (χ1v) is 7.36. The molecule has 5 heteroatoms. The second-order valence-corrected chi connectivity index (χ2v) is 5.03. The highest BCUT2D eigenvalue weighted by Gasteiger charge is 2.08. The second kappa shape index (κ2) is 8.70. The van der Waals surface area contributed by atoms with Crippen LogP contribution in [-0.2, 0) is 22.7 Å². The van der Waals surface area contributed by atoms with E-state index in [1.165, 1.54) is 0 Å². The Morgan fingerprint density at radius 2 is 1.57 bits per heavy atom. The molecule has 2 amide bonds. The quantitative estimate of drug-likeness (QED) is 0.820. The van der Waals surface area contributed by atoms with E-state index in [0.29, 0.717) is 18.7 Å². The van der Waals surface area contributed by atoms with Gasteiger partial charge in [-0.2, -0.15) is 0 Å². The predicted octanol–water partition coefficient (Wildman–Crippen LogP) is 1.88. The highest BCUT2D eigenvalue weighted by Crippen LogP contribution is 2.09. The van der Waals surface area contributed by atoms with Crippen LogP contribution >= 0.6 is 0 Å². The van der Waals surface area contributed by atoms with Gasteiger partial charge in [0.2, 0.25) is 5.91 Å². The summed E-state index contributed by atoms with van der Waals surface area (Å²) < 4.78 is 5.13. The Hall–Kier alpha value is -2.66. The van der Waals surface area contributed by atoms with Crippen molar-refractivity contribution in [2.45, 2.75) is 13.2 Å². The largest absolute Gasteiger partial charge is 0.380 e. The van der Waals surface area contributed by atoms with Crippen LogP contribution in [0.2, 0.25) is 0 Å². The normalized spacial score (nSPS) is 10.1. The smallest absolute Gasteiger partial charge is 0.251 e. The highest BCUT2D eigenvalue weighted by molar-refractivity contribution is 5.96. The first-order valence-electron chi connectivity index (χ1n) is 7.36. The Morgan fingerprint density at radius 3 is 2.26 bits per heavy atom. The van der Waals surface area contributed by atoms with Gasteiger partial charge < -0.3 is 15.4 Å². The summed E-state index contributed by atoms with van der Waals surface area (Å²) in [4.78, 5) is 23.7. The van der Waals surface area contributed by atoms with E-state index in [0.717, 1.165) is 11.1 Å². The molecule has 0 bridgehead atoms. The van der Waals surface area contributed by atoms with E-state index in [-0.39, 0.29) is 18.4 Å². The third-order valence-electron chi connectivity index (χ3n) is 3.34. The van der Waals surface area contributed by atoms with Gasteiger partial charge in [-0.1, -0.05) is 42.5 Å². The van der Waals surface area contributed by atoms with Crippen molar-refractivity contribution in [3.8, 4) is 0 Å². The maximum atomic E-state index is 11.9. The van der Waals surface area contributed by atoms with Crippen molar-refractivity contribution in [2.75, 3.05) is 13.7 Å². The average Bonchev–Trinajstić information content (AvgIpc) is 2.60. The molecule has 0 aromatic heterocycles. The number of nitrogens with one attached hydrogen (secondary N) is 2. The molecule has 0 fully saturated rings. The number of carbonyl (C=O) groups excluding carboxylic acids is 2. The van der Waals surface area contributed by atoms with Crippen molar-refractivity contribution in [1.82, 2.24) is 10.6 Å². The standard InChI is InChI=1S/C18H20N2O3/c1-23-13-16-10-6-5-9-15(16)11-19-17(21)12-20-18(22)14-7-3-2-4-8-14/h2-10H,11-13H2,1H3,(H,19,21)(H,20,22). The molecule has 2 N–H and O–H groups in total. The van der Waals surface area contributed by atoms with Crippen LogP contribution in [0, 0.1) is 0 Å². The number of methoxy groups -OCH3 is 1. The van der Waals surface area contributed by atoms with E-state index in [1.54, 1.807) is 31.4 Å². The Morgan fingerprint density at radius 1 is 0.913 bits per heavy atom. The molecular weight excluding hydrogens is 292 g/mol. The van der Waals surface area contributed by atoms with Crippen LogP contribution in [-0.4, -0.2) is 25.5 Å². The summed E-state index contributed by atoms with van der Waals surface area (Å²) in [5.41, 5.74) is 2.56. The summed E-state index contributed by atoms with van der Waals surface area (Å²) >= 11 is 0. The minimum Gasteiger partial charge on any atom is -0.380 e. The summed E-state index contributed by atoms with van der Waals surface area (Å²) in [5.74, 6) is -0.498. The van der Waals surface area contributed by atoms with Crippen molar-refractivity contribution in [2.24, 2.45) is 0 Å². The molecule has 0 saturated heterocycles. The molecule has 0 saturated carbocycles. The number of rotatable bonds is 7. The van der Waals surface area contributed by atoms with Gasteiger partial charge in [-0.25, -0.2) is 0 Å². The Kier molecular flexibility index (Phi) is 6.32. The molecule has 2 aromatic rings. The van der Waals surface area contributed by atoms with Crippen LogP contribution < -0.4 is 10.6 Å². The van der Waals surface area contributed by atoms with Crippen LogP contribution in [0.25, 0.3) is 0 Å². The minimum absolute atomic E-state index is 0.0554. The number of carbonyl (C=O) groups is 2. The van der Waals surface area contributed by atoms with Gasteiger partial charge in [0, 0.05) is 19.2 Å². The molecule has 23 heavy (non-hydrogen) atoms. The highest BCUT2D eigenvalue weighted by atomic mass is 16.5. The molecule has 2 aromatic carbocycles. The van der Waals surface area contributed by atoms with Crippen LogP contribution in [0.5, 0.6) is 0 Å². The zero-order chi connectivity index (χ0) is 16.5. The first-order chi connectivity index (χ1) is 11.2. The second-order valence-electron chi connectivity index (χ2n) is 5.03. The molecule has 0 spiro atoms. The van der Waals surface area contributed by atoms with Crippen molar-refractivity contribution in [3.63, 3.8) is 0 Å². The van der Waals surface area contributed by atoms with E-state index in [2.05, 4.69) is 10.6 Å². The lowest BCUT2D eigenvalue weighted by atomic mass is 10.1. The Labute approximate surface area is 135 Å². The average molecular weight is 312 g/mol. The molecule has 0 atom stereocenters. The van der Waals surface area contributed by atoms with E-state index in [9.17, 15) is 9.59 Å². The van der Waals surface area contributed by atoms with Crippen molar-refractivity contribution in [3.05, 3.63) is 71.3 Å². The van der Waals surface area contributed by atoms with E-state index in [4.69, 9.17) is 4.74 Å². The van der Waals surface area contributed by atoms with Crippen LogP contribution in [0.1, 0.15) is 21.5 Å². The van der Waals surface area contributed by atoms with Gasteiger partial charge in [-0.05, 0) is 23.3 Å². The minimum atomic E-state index is -0.263. The predicted molar refractivity (Wildman–Crippen MR) is 87.8 cm³/mol. The van der Waals surface area contributed by atoms with Gasteiger partial charge in [0.15, 0.2) is 0 Å². The van der Waals surface area contributed by atoms with E-state index in [1.807, 2.05) is 30.3 Å². The van der Waals surface area contributed by atoms with Crippen molar-refractivity contribution >= 4 is 11.8 Å². The van der Waals surface area contributed by atoms with Gasteiger partial charge in [-0.3, -0.25) is 9.59 Å². The summed E-state index contributed by atoms with van der Waals surface area (Å²) in [6.07, 6.45) is 0. The molecule has 0 aliphatic heterocycles. The molecule has 120 valence electrons. The van der Waals surface area contributed by atoms with Gasteiger partial charge in [0.1, 0.15) is 0 Å². The third kappa shape index (κ3) is 5.23. The monoisotopic (exact) mass is 312 g/mol. The zero-order valence-electron chi connectivity index (χ0n) is 13.0. The molecule has 0 unspecified atom stereocenters. The van der Waals surface area contributed by atoms with E-state index >= 15 is 0 Å². The molecule has 0 aliphatic rings. The van der Waals surface area contributed by atoms with Gasteiger partial charge >= 0.3 is 0 Å². The number of amides is 2. The fraction of sp³-hybridized carbons (Fsp3) is 0.222. The maximum absolute atomic E-state index is 11.9. The number of ether oxygens (including phenoxy) is 1. The Balaban J connectivity index is 1.81. The number of benzene rings is 2. The SMILES string of the molecule is COCc1ccccc1CNC(=O)CNC(=O)c1ccccc1. The van der Waals surface area contributed by atoms with Crippen LogP contribution in [0.3, 0.4) is 0 Å². The lowest BCUT2D eigenvalue weighted by Gasteiger charge is -2.10. The summed E-state index contributed by atoms with van der Waals surface area (Å²) in [6.45, 7) is 0.844. The van der Waals surface area contributed by atoms with Crippen LogP contribution in [0.15, 0.2) is 54.6 Å². The van der Waals surface area contributed by atoms with Crippen molar-refractivity contribution in [1.29, 1.82) is 0 Å². The van der Waals surface area contributed by atoms with Crippen molar-refractivity contribution < 1.29 is 14.3 Å². The molecule has 0 aliphatic carbocycles. The lowest BCUT2D eigenvalue weighted by molar-refractivity contribution is -0.120. The number of hydrogen-bond donors (Lipinski definition) is 2. The lowest BCUT2D eigenvalue weighted by Crippen LogP contribution is -2.36. The Bertz CT molecular complexity index is 656. The fourth-order valence-electron chi connectivity index (χ4n) is 2.13. The summed E-state index contributed by atoms with van der Waals surface area (Å²) in [5, 5.41) is 5.39. The topological polar surface area (TPSA) is 67.4 Å². The first kappa shape index (κ1) is 16.7. The van der Waals surface area contributed by atoms with Gasteiger partial charge in [-0.15, -0.1) is 0 Å². The fourth-order valence-corrected chi connectivity index (χ4v) is 2.13. The van der Waals surface area contributed by atoms with E-state index < -0.39 is 0 Å². The molecular formula is C18H20N2O3. The third-order valence-corrected chi connectivity index (χ3v) is 3.34. The summed E-state index contributed by atoms with van der Waals surface area (Å²) in [6, 6.07) is 16.5. The number of hydrogen-bond acceptors (Lipinski definition) is 3. The zero-order valence-corrected chi connectivity index (χ0v) is 13.0. The molecule has 2 rings (SSSR count). The molecule has 0 radical (unpaired) electrons.